The van der Waals surface area contributed by atoms with Crippen LogP contribution in [0.25, 0.3) is 11.5 Å². The monoisotopic (exact) mass is 393 g/mol. The highest BCUT2D eigenvalue weighted by Crippen LogP contribution is 2.32. The summed E-state index contributed by atoms with van der Waals surface area (Å²) in [5.41, 5.74) is 0.849. The number of halogens is 2. The van der Waals surface area contributed by atoms with Crippen LogP contribution < -0.4 is 14.8 Å². The molecule has 9 heteroatoms. The number of carbonyl (C=O) groups is 1. The smallest absolute Gasteiger partial charge is 0.322 e. The van der Waals surface area contributed by atoms with Crippen LogP contribution in [-0.2, 0) is 0 Å². The summed E-state index contributed by atoms with van der Waals surface area (Å²) in [6.45, 7) is 0. The van der Waals surface area contributed by atoms with E-state index in [0.717, 1.165) is 0 Å². The van der Waals surface area contributed by atoms with Crippen molar-refractivity contribution in [3.63, 3.8) is 0 Å². The molecule has 1 amide bonds. The van der Waals surface area contributed by atoms with Gasteiger partial charge in [-0.2, -0.15) is 0 Å². The van der Waals surface area contributed by atoms with E-state index in [4.69, 9.17) is 37.1 Å². The van der Waals surface area contributed by atoms with Crippen molar-refractivity contribution < 1.29 is 18.7 Å². The number of hydrogen-bond acceptors (Lipinski definition) is 6. The lowest BCUT2D eigenvalue weighted by Gasteiger charge is -2.07. The van der Waals surface area contributed by atoms with E-state index in [1.54, 1.807) is 31.4 Å². The van der Waals surface area contributed by atoms with Gasteiger partial charge in [-0.05, 0) is 36.4 Å². The highest BCUT2D eigenvalue weighted by molar-refractivity contribution is 6.37. The van der Waals surface area contributed by atoms with Crippen molar-refractivity contribution in [2.75, 3.05) is 19.5 Å². The number of anilines is 1. The topological polar surface area (TPSA) is 86.5 Å². The maximum atomic E-state index is 12.3. The minimum atomic E-state index is -0.492. The Bertz CT molecular complexity index is 959. The number of rotatable bonds is 5. The van der Waals surface area contributed by atoms with E-state index in [0.29, 0.717) is 22.1 Å². The number of hydrogen-bond donors (Lipinski definition) is 1. The number of carbonyl (C=O) groups excluding carboxylic acids is 1. The van der Waals surface area contributed by atoms with Crippen LogP contribution in [0, 0.1) is 0 Å². The fourth-order valence-corrected chi connectivity index (χ4v) is 2.69. The number of nitrogens with one attached hydrogen (secondary N) is 1. The standard InChI is InChI=1S/C17H13Cl2N3O4/c1-24-13-6-3-9(7-14(13)25-2)16-21-22-17(26-16)20-15(23)11-5-4-10(18)8-12(11)19/h3-8H,1-2H3,(H,20,22,23). The first kappa shape index (κ1) is 18.0. The molecule has 1 N–H and O–H groups in total. The quantitative estimate of drug-likeness (QED) is 0.694. The Labute approximate surface area is 158 Å². The molecule has 0 bridgehead atoms. The minimum absolute atomic E-state index is 0.0641. The van der Waals surface area contributed by atoms with E-state index in [1.165, 1.54) is 19.2 Å². The zero-order chi connectivity index (χ0) is 18.7. The first-order valence-electron chi connectivity index (χ1n) is 7.34. The Hall–Kier alpha value is -2.77. The second-order valence-electron chi connectivity index (χ2n) is 5.06. The van der Waals surface area contributed by atoms with Gasteiger partial charge in [0.05, 0.1) is 24.8 Å². The van der Waals surface area contributed by atoms with E-state index in [-0.39, 0.29) is 22.5 Å². The van der Waals surface area contributed by atoms with Crippen molar-refractivity contribution in [3.05, 3.63) is 52.0 Å². The lowest BCUT2D eigenvalue weighted by molar-refractivity contribution is 0.102. The first-order valence-corrected chi connectivity index (χ1v) is 8.09. The van der Waals surface area contributed by atoms with Gasteiger partial charge in [-0.3, -0.25) is 10.1 Å². The molecule has 0 atom stereocenters. The number of amides is 1. The highest BCUT2D eigenvalue weighted by Gasteiger charge is 2.16. The first-order chi connectivity index (χ1) is 12.5. The van der Waals surface area contributed by atoms with E-state index < -0.39 is 5.91 Å². The van der Waals surface area contributed by atoms with Gasteiger partial charge in [0, 0.05) is 10.6 Å². The molecular weight excluding hydrogens is 381 g/mol. The molecule has 0 aliphatic heterocycles. The van der Waals surface area contributed by atoms with Crippen molar-refractivity contribution in [1.29, 1.82) is 0 Å². The van der Waals surface area contributed by atoms with Gasteiger partial charge in [0.25, 0.3) is 5.91 Å². The summed E-state index contributed by atoms with van der Waals surface area (Å²) in [6, 6.07) is 9.61. The third-order valence-electron chi connectivity index (χ3n) is 3.45. The van der Waals surface area contributed by atoms with Gasteiger partial charge in [-0.1, -0.05) is 28.3 Å². The van der Waals surface area contributed by atoms with Gasteiger partial charge in [0.15, 0.2) is 11.5 Å². The second-order valence-corrected chi connectivity index (χ2v) is 5.90. The summed E-state index contributed by atoms with van der Waals surface area (Å²) in [6.07, 6.45) is 0. The Morgan fingerprint density at radius 1 is 1.04 bits per heavy atom. The Balaban J connectivity index is 1.81. The molecular formula is C17H13Cl2N3O4. The predicted molar refractivity (Wildman–Crippen MR) is 97.3 cm³/mol. The molecule has 134 valence electrons. The third kappa shape index (κ3) is 3.74. The molecule has 1 aromatic heterocycles. The van der Waals surface area contributed by atoms with Crippen LogP contribution in [0.1, 0.15) is 10.4 Å². The van der Waals surface area contributed by atoms with Crippen molar-refractivity contribution in [2.24, 2.45) is 0 Å². The number of benzene rings is 2. The van der Waals surface area contributed by atoms with E-state index in [9.17, 15) is 4.79 Å². The summed E-state index contributed by atoms with van der Waals surface area (Å²) in [7, 11) is 3.07. The molecule has 0 saturated carbocycles. The lowest BCUT2D eigenvalue weighted by atomic mass is 10.2. The predicted octanol–water partition coefficient (Wildman–Crippen LogP) is 4.31. The maximum Gasteiger partial charge on any atom is 0.322 e. The van der Waals surface area contributed by atoms with Crippen LogP contribution in [-0.4, -0.2) is 30.3 Å². The van der Waals surface area contributed by atoms with Crippen LogP contribution in [0.2, 0.25) is 10.0 Å². The van der Waals surface area contributed by atoms with Gasteiger partial charge >= 0.3 is 6.01 Å². The van der Waals surface area contributed by atoms with Crippen molar-refractivity contribution in [2.45, 2.75) is 0 Å². The summed E-state index contributed by atoms with van der Waals surface area (Å²) >= 11 is 11.8. The van der Waals surface area contributed by atoms with Gasteiger partial charge in [0.2, 0.25) is 5.89 Å². The summed E-state index contributed by atoms with van der Waals surface area (Å²) < 4.78 is 15.9. The minimum Gasteiger partial charge on any atom is -0.493 e. The Morgan fingerprint density at radius 2 is 1.81 bits per heavy atom. The maximum absolute atomic E-state index is 12.3. The van der Waals surface area contributed by atoms with E-state index in [2.05, 4.69) is 15.5 Å². The van der Waals surface area contributed by atoms with E-state index in [1.807, 2.05) is 0 Å². The average Bonchev–Trinajstić information content (AvgIpc) is 3.09. The lowest BCUT2D eigenvalue weighted by Crippen LogP contribution is -2.12. The third-order valence-corrected chi connectivity index (χ3v) is 4.00. The molecule has 0 spiro atoms. The average molecular weight is 394 g/mol. The fraction of sp³-hybridized carbons (Fsp3) is 0.118. The van der Waals surface area contributed by atoms with Crippen LogP contribution >= 0.6 is 23.2 Å². The SMILES string of the molecule is COc1ccc(-c2nnc(NC(=O)c3ccc(Cl)cc3Cl)o2)cc1OC. The zero-order valence-electron chi connectivity index (χ0n) is 13.7. The summed E-state index contributed by atoms with van der Waals surface area (Å²) in [5, 5.41) is 10.9. The molecule has 3 rings (SSSR count). The van der Waals surface area contributed by atoms with Gasteiger partial charge < -0.3 is 13.9 Å². The normalized spacial score (nSPS) is 10.5. The largest absolute Gasteiger partial charge is 0.493 e. The number of nitrogens with zero attached hydrogens (tertiary/aromatic N) is 2. The molecule has 0 radical (unpaired) electrons. The molecule has 3 aromatic rings. The van der Waals surface area contributed by atoms with Crippen LogP contribution in [0.3, 0.4) is 0 Å². The highest BCUT2D eigenvalue weighted by atomic mass is 35.5. The molecule has 26 heavy (non-hydrogen) atoms. The number of ether oxygens (including phenoxy) is 2. The Kier molecular flexibility index (Phi) is 5.29. The van der Waals surface area contributed by atoms with Crippen LogP contribution in [0.15, 0.2) is 40.8 Å². The van der Waals surface area contributed by atoms with Gasteiger partial charge in [-0.15, -0.1) is 5.10 Å². The van der Waals surface area contributed by atoms with Gasteiger partial charge in [-0.25, -0.2) is 0 Å². The molecule has 7 nitrogen and oxygen atoms in total. The number of methoxy groups -OCH3 is 2. The summed E-state index contributed by atoms with van der Waals surface area (Å²) in [4.78, 5) is 12.3. The van der Waals surface area contributed by atoms with Gasteiger partial charge in [0.1, 0.15) is 0 Å². The fourth-order valence-electron chi connectivity index (χ4n) is 2.20. The Morgan fingerprint density at radius 3 is 2.50 bits per heavy atom. The van der Waals surface area contributed by atoms with Crippen LogP contribution in [0.4, 0.5) is 6.01 Å². The molecule has 1 heterocycles. The van der Waals surface area contributed by atoms with E-state index >= 15 is 0 Å². The summed E-state index contributed by atoms with van der Waals surface area (Å²) in [5.74, 6) is 0.807. The molecule has 0 saturated heterocycles. The molecule has 0 fully saturated rings. The second kappa shape index (κ2) is 7.63. The van der Waals surface area contributed by atoms with Crippen molar-refractivity contribution >= 4 is 35.1 Å². The molecule has 2 aromatic carbocycles. The number of aromatic nitrogens is 2. The zero-order valence-corrected chi connectivity index (χ0v) is 15.3. The van der Waals surface area contributed by atoms with Crippen molar-refractivity contribution in [1.82, 2.24) is 10.2 Å². The van der Waals surface area contributed by atoms with Crippen LogP contribution in [0.5, 0.6) is 11.5 Å². The molecule has 0 aliphatic rings. The molecule has 0 unspecified atom stereocenters. The van der Waals surface area contributed by atoms with Crippen molar-refractivity contribution in [3.8, 4) is 23.0 Å². The molecule has 0 aliphatic carbocycles.